The summed E-state index contributed by atoms with van der Waals surface area (Å²) in [4.78, 5) is 6.51. The molecule has 1 aromatic heterocycles. The fourth-order valence-electron chi connectivity index (χ4n) is 1.89. The van der Waals surface area contributed by atoms with E-state index in [0.29, 0.717) is 16.8 Å². The van der Waals surface area contributed by atoms with Crippen molar-refractivity contribution in [3.63, 3.8) is 0 Å². The third-order valence-corrected chi connectivity index (χ3v) is 3.54. The zero-order valence-electron chi connectivity index (χ0n) is 9.83. The first kappa shape index (κ1) is 12.9. The second-order valence-electron chi connectivity index (χ2n) is 4.38. The Morgan fingerprint density at radius 3 is 2.76 bits per heavy atom. The first-order valence-electron chi connectivity index (χ1n) is 5.74. The molecule has 5 heteroatoms. The Morgan fingerprint density at radius 2 is 2.18 bits per heavy atom. The van der Waals surface area contributed by atoms with Crippen LogP contribution in [0.1, 0.15) is 18.4 Å². The number of aromatic nitrogens is 1. The second-order valence-corrected chi connectivity index (χ2v) is 5.06. The Bertz CT molecular complexity index is 379. The zero-order valence-corrected chi connectivity index (χ0v) is 11.3. The van der Waals surface area contributed by atoms with E-state index in [-0.39, 0.29) is 6.10 Å². The number of piperidine rings is 1. The fourth-order valence-corrected chi connectivity index (χ4v) is 2.27. The smallest absolute Gasteiger partial charge is 0.232 e. The lowest BCUT2D eigenvalue weighted by Crippen LogP contribution is -2.35. The lowest BCUT2D eigenvalue weighted by Gasteiger charge is -2.29. The molecule has 1 aromatic rings. The van der Waals surface area contributed by atoms with E-state index in [4.69, 9.17) is 27.9 Å². The molecule has 0 aliphatic carbocycles. The first-order valence-corrected chi connectivity index (χ1v) is 6.66. The minimum absolute atomic E-state index is 0.220. The quantitative estimate of drug-likeness (QED) is 0.793. The van der Waals surface area contributed by atoms with Crippen molar-refractivity contribution in [3.05, 3.63) is 22.8 Å². The van der Waals surface area contributed by atoms with Gasteiger partial charge in [0.2, 0.25) is 5.88 Å². The summed E-state index contributed by atoms with van der Waals surface area (Å²) < 4.78 is 5.82. The highest BCUT2D eigenvalue weighted by molar-refractivity contribution is 6.32. The Kier molecular flexibility index (Phi) is 4.48. The van der Waals surface area contributed by atoms with Crippen molar-refractivity contribution in [1.82, 2.24) is 9.88 Å². The molecular weight excluding hydrogens is 259 g/mol. The maximum atomic E-state index is 6.10. The first-order chi connectivity index (χ1) is 8.19. The highest BCUT2D eigenvalue weighted by Gasteiger charge is 2.19. The Morgan fingerprint density at radius 1 is 1.47 bits per heavy atom. The molecule has 2 heterocycles. The number of alkyl halides is 1. The summed E-state index contributed by atoms with van der Waals surface area (Å²) >= 11 is 11.8. The lowest BCUT2D eigenvalue weighted by atomic mass is 10.1. The summed E-state index contributed by atoms with van der Waals surface area (Å²) in [6.45, 7) is 2.12. The molecule has 0 aromatic carbocycles. The van der Waals surface area contributed by atoms with Crippen molar-refractivity contribution >= 4 is 23.2 Å². The number of nitrogens with zero attached hydrogens (tertiary/aromatic N) is 2. The number of likely N-dealkylation sites (tertiary alicyclic amines) is 1. The maximum Gasteiger partial charge on any atom is 0.232 e. The van der Waals surface area contributed by atoms with Gasteiger partial charge in [-0.2, -0.15) is 0 Å². The molecule has 0 bridgehead atoms. The zero-order chi connectivity index (χ0) is 12.3. The van der Waals surface area contributed by atoms with E-state index in [1.54, 1.807) is 6.20 Å². The summed E-state index contributed by atoms with van der Waals surface area (Å²) in [7, 11) is 2.12. The molecule has 94 valence electrons. The van der Waals surface area contributed by atoms with Crippen molar-refractivity contribution in [2.45, 2.75) is 24.8 Å². The summed E-state index contributed by atoms with van der Waals surface area (Å²) in [6.07, 6.45) is 3.97. The molecule has 0 unspecified atom stereocenters. The molecular formula is C12H16Cl2N2O. The monoisotopic (exact) mass is 274 g/mol. The van der Waals surface area contributed by atoms with E-state index in [1.807, 2.05) is 6.07 Å². The topological polar surface area (TPSA) is 25.4 Å². The van der Waals surface area contributed by atoms with Gasteiger partial charge in [0.15, 0.2) is 0 Å². The summed E-state index contributed by atoms with van der Waals surface area (Å²) in [6, 6.07) is 1.81. The predicted molar refractivity (Wildman–Crippen MR) is 70.0 cm³/mol. The van der Waals surface area contributed by atoms with Crippen LogP contribution in [0.25, 0.3) is 0 Å². The maximum absolute atomic E-state index is 6.10. The molecule has 1 fully saturated rings. The van der Waals surface area contributed by atoms with Crippen LogP contribution < -0.4 is 4.74 Å². The van der Waals surface area contributed by atoms with Gasteiger partial charge in [-0.25, -0.2) is 4.98 Å². The van der Waals surface area contributed by atoms with Crippen LogP contribution >= 0.6 is 23.2 Å². The van der Waals surface area contributed by atoms with Gasteiger partial charge in [-0.05, 0) is 31.5 Å². The van der Waals surface area contributed by atoms with E-state index in [9.17, 15) is 0 Å². The van der Waals surface area contributed by atoms with E-state index in [0.717, 1.165) is 31.5 Å². The Labute approximate surface area is 112 Å². The normalized spacial score (nSPS) is 18.3. The standard InChI is InChI=1S/C12H16Cl2N2O/c1-16-4-2-10(3-5-16)17-12-11(14)6-9(7-13)8-15-12/h6,8,10H,2-5,7H2,1H3. The van der Waals surface area contributed by atoms with E-state index in [1.165, 1.54) is 0 Å². The predicted octanol–water partition coefficient (Wildman–Crippen LogP) is 2.95. The van der Waals surface area contributed by atoms with Crippen molar-refractivity contribution in [1.29, 1.82) is 0 Å². The molecule has 1 saturated heterocycles. The summed E-state index contributed by atoms with van der Waals surface area (Å²) in [5, 5.41) is 0.544. The van der Waals surface area contributed by atoms with Crippen LogP contribution in [-0.2, 0) is 5.88 Å². The Hall–Kier alpha value is -0.510. The molecule has 3 nitrogen and oxygen atoms in total. The molecule has 0 N–H and O–H groups in total. The highest BCUT2D eigenvalue weighted by Crippen LogP contribution is 2.26. The summed E-state index contributed by atoms with van der Waals surface area (Å²) in [5.74, 6) is 0.941. The van der Waals surface area contributed by atoms with E-state index in [2.05, 4.69) is 16.9 Å². The average molecular weight is 275 g/mol. The molecule has 0 spiro atoms. The van der Waals surface area contributed by atoms with Crippen molar-refractivity contribution in [3.8, 4) is 5.88 Å². The van der Waals surface area contributed by atoms with Crippen LogP contribution in [0.2, 0.25) is 5.02 Å². The van der Waals surface area contributed by atoms with Crippen molar-refractivity contribution in [2.75, 3.05) is 20.1 Å². The van der Waals surface area contributed by atoms with Gasteiger partial charge >= 0.3 is 0 Å². The van der Waals surface area contributed by atoms with Crippen LogP contribution in [0.4, 0.5) is 0 Å². The van der Waals surface area contributed by atoms with Crippen LogP contribution in [0.3, 0.4) is 0 Å². The molecule has 0 amide bonds. The Balaban J connectivity index is 1.99. The lowest BCUT2D eigenvalue weighted by molar-refractivity contribution is 0.110. The number of halogens is 2. The van der Waals surface area contributed by atoms with Gasteiger partial charge in [0.25, 0.3) is 0 Å². The average Bonchev–Trinajstić information content (AvgIpc) is 2.34. The molecule has 0 atom stereocenters. The molecule has 1 aliphatic rings. The minimum atomic E-state index is 0.220. The largest absolute Gasteiger partial charge is 0.473 e. The molecule has 0 radical (unpaired) electrons. The number of hydrogen-bond donors (Lipinski definition) is 0. The third-order valence-electron chi connectivity index (χ3n) is 2.96. The number of ether oxygens (including phenoxy) is 1. The SMILES string of the molecule is CN1CCC(Oc2ncc(CCl)cc2Cl)CC1. The highest BCUT2D eigenvalue weighted by atomic mass is 35.5. The van der Waals surface area contributed by atoms with Gasteiger partial charge < -0.3 is 9.64 Å². The second kappa shape index (κ2) is 5.89. The number of pyridine rings is 1. The van der Waals surface area contributed by atoms with Crippen molar-refractivity contribution in [2.24, 2.45) is 0 Å². The van der Waals surface area contributed by atoms with Crippen LogP contribution in [0.5, 0.6) is 5.88 Å². The van der Waals surface area contributed by atoms with E-state index < -0.39 is 0 Å². The number of rotatable bonds is 3. The third kappa shape index (κ3) is 3.47. The molecule has 2 rings (SSSR count). The van der Waals surface area contributed by atoms with Gasteiger partial charge in [0.05, 0.1) is 0 Å². The molecule has 0 saturated carbocycles. The van der Waals surface area contributed by atoms with Crippen LogP contribution in [0.15, 0.2) is 12.3 Å². The minimum Gasteiger partial charge on any atom is -0.473 e. The van der Waals surface area contributed by atoms with E-state index >= 15 is 0 Å². The van der Waals surface area contributed by atoms with Gasteiger partial charge in [-0.3, -0.25) is 0 Å². The fraction of sp³-hybridized carbons (Fsp3) is 0.583. The summed E-state index contributed by atoms with van der Waals surface area (Å²) in [5.41, 5.74) is 0.910. The van der Waals surface area contributed by atoms with Crippen molar-refractivity contribution < 1.29 is 4.74 Å². The van der Waals surface area contributed by atoms with Gasteiger partial charge in [-0.15, -0.1) is 11.6 Å². The number of hydrogen-bond acceptors (Lipinski definition) is 3. The van der Waals surface area contributed by atoms with Crippen LogP contribution in [-0.4, -0.2) is 36.1 Å². The van der Waals surface area contributed by atoms with Gasteiger partial charge in [-0.1, -0.05) is 11.6 Å². The molecule has 17 heavy (non-hydrogen) atoms. The van der Waals surface area contributed by atoms with Gasteiger partial charge in [0.1, 0.15) is 11.1 Å². The van der Waals surface area contributed by atoms with Gasteiger partial charge in [0, 0.05) is 25.2 Å². The van der Waals surface area contributed by atoms with Crippen LogP contribution in [0, 0.1) is 0 Å². The molecule has 1 aliphatic heterocycles.